The first-order chi connectivity index (χ1) is 19.2. The molecule has 1 unspecified atom stereocenters. The highest BCUT2D eigenvalue weighted by Gasteiger charge is 2.53. The lowest BCUT2D eigenvalue weighted by molar-refractivity contribution is -0.384. The first kappa shape index (κ1) is 27.4. The van der Waals surface area contributed by atoms with Gasteiger partial charge in [-0.3, -0.25) is 14.9 Å². The third-order valence-corrected chi connectivity index (χ3v) is 10.4. The lowest BCUT2D eigenvalue weighted by atomic mass is 9.48. The van der Waals surface area contributed by atoms with Crippen LogP contribution in [0.4, 0.5) is 17.1 Å². The van der Waals surface area contributed by atoms with Crippen molar-refractivity contribution in [2.24, 2.45) is 23.2 Å². The molecule has 4 aliphatic carbocycles. The molecule has 1 amide bonds. The Morgan fingerprint density at radius 3 is 2.27 bits per heavy atom. The fraction of sp³-hybridized carbons (Fsp3) is 0.516. The molecule has 0 radical (unpaired) electrons. The van der Waals surface area contributed by atoms with E-state index in [2.05, 4.69) is 17.1 Å². The molecule has 1 aliphatic heterocycles. The molecule has 0 spiro atoms. The molecule has 1 heterocycles. The standard InChI is InChI=1S/C31H36Cl2N4O3/c1-20(31-17-21-12-22(18-31)14-23(13-21)19-31)34-28-16-26(5-6-29(28)37(39)40)35-8-10-36(11-9-35)30(38)7-3-24-2-4-25(32)15-27(24)33/h2-7,15-16,20-23,34H,8-14,17-19H2,1H3/b7-3+. The third kappa shape index (κ3) is 5.42. The molecule has 9 heteroatoms. The lowest BCUT2D eigenvalue weighted by Gasteiger charge is -2.59. The van der Waals surface area contributed by atoms with Crippen LogP contribution in [-0.4, -0.2) is 48.0 Å². The first-order valence-electron chi connectivity index (χ1n) is 14.4. The number of nitro benzene ring substituents is 1. The molecule has 7 nitrogen and oxygen atoms in total. The Morgan fingerprint density at radius 2 is 1.68 bits per heavy atom. The van der Waals surface area contributed by atoms with Gasteiger partial charge in [0, 0.05) is 60.1 Å². The molecule has 1 atom stereocenters. The van der Waals surface area contributed by atoms with E-state index in [-0.39, 0.29) is 28.0 Å². The molecule has 4 saturated carbocycles. The Kier molecular flexibility index (Phi) is 7.47. The van der Waals surface area contributed by atoms with Crippen LogP contribution in [0.15, 0.2) is 42.5 Å². The molecule has 1 saturated heterocycles. The summed E-state index contributed by atoms with van der Waals surface area (Å²) in [6.07, 6.45) is 11.1. The molecule has 2 aromatic rings. The second-order valence-corrected chi connectivity index (χ2v) is 13.3. The van der Waals surface area contributed by atoms with E-state index >= 15 is 0 Å². The summed E-state index contributed by atoms with van der Waals surface area (Å²) in [7, 11) is 0. The van der Waals surface area contributed by atoms with Gasteiger partial charge in [-0.25, -0.2) is 0 Å². The predicted octanol–water partition coefficient (Wildman–Crippen LogP) is 7.28. The van der Waals surface area contributed by atoms with E-state index < -0.39 is 0 Å². The van der Waals surface area contributed by atoms with E-state index in [1.807, 2.05) is 17.0 Å². The van der Waals surface area contributed by atoms with Gasteiger partial charge in [-0.15, -0.1) is 0 Å². The van der Waals surface area contributed by atoms with Crippen molar-refractivity contribution in [3.8, 4) is 0 Å². The molecule has 212 valence electrons. The minimum atomic E-state index is -0.283. The summed E-state index contributed by atoms with van der Waals surface area (Å²) < 4.78 is 0. The largest absolute Gasteiger partial charge is 0.376 e. The average molecular weight is 584 g/mol. The van der Waals surface area contributed by atoms with Crippen molar-refractivity contribution >= 4 is 52.2 Å². The number of amides is 1. The summed E-state index contributed by atoms with van der Waals surface area (Å²) >= 11 is 12.2. The number of anilines is 2. The Labute approximate surface area is 245 Å². The maximum absolute atomic E-state index is 12.8. The van der Waals surface area contributed by atoms with Gasteiger partial charge in [0.25, 0.3) is 5.69 Å². The second kappa shape index (κ2) is 10.9. The highest BCUT2D eigenvalue weighted by Crippen LogP contribution is 2.61. The van der Waals surface area contributed by atoms with Gasteiger partial charge in [0.05, 0.1) is 4.92 Å². The minimum absolute atomic E-state index is 0.0684. The zero-order chi connectivity index (χ0) is 28.0. The highest BCUT2D eigenvalue weighted by molar-refractivity contribution is 6.35. The van der Waals surface area contributed by atoms with Crippen LogP contribution in [0.1, 0.15) is 51.0 Å². The highest BCUT2D eigenvalue weighted by atomic mass is 35.5. The smallest absolute Gasteiger partial charge is 0.292 e. The van der Waals surface area contributed by atoms with Gasteiger partial charge < -0.3 is 15.1 Å². The monoisotopic (exact) mass is 582 g/mol. The van der Waals surface area contributed by atoms with Crippen molar-refractivity contribution in [1.29, 1.82) is 0 Å². The molecule has 7 rings (SSSR count). The Morgan fingerprint density at radius 1 is 1.02 bits per heavy atom. The number of hydrogen-bond donors (Lipinski definition) is 1. The van der Waals surface area contributed by atoms with E-state index in [1.165, 1.54) is 38.5 Å². The first-order valence-corrected chi connectivity index (χ1v) is 15.2. The van der Waals surface area contributed by atoms with Gasteiger partial charge in [0.2, 0.25) is 5.91 Å². The van der Waals surface area contributed by atoms with Crippen LogP contribution < -0.4 is 10.2 Å². The normalized spacial score (nSPS) is 28.2. The number of hydrogen-bond acceptors (Lipinski definition) is 5. The van der Waals surface area contributed by atoms with Crippen molar-refractivity contribution in [1.82, 2.24) is 4.90 Å². The van der Waals surface area contributed by atoms with E-state index in [9.17, 15) is 14.9 Å². The minimum Gasteiger partial charge on any atom is -0.376 e. The van der Waals surface area contributed by atoms with Gasteiger partial charge in [-0.1, -0.05) is 29.3 Å². The average Bonchev–Trinajstić information content (AvgIpc) is 2.91. The van der Waals surface area contributed by atoms with E-state index in [0.29, 0.717) is 41.9 Å². The van der Waals surface area contributed by atoms with Crippen LogP contribution in [0.25, 0.3) is 6.08 Å². The van der Waals surface area contributed by atoms with Crippen LogP contribution in [0, 0.1) is 33.3 Å². The number of nitrogens with zero attached hydrogens (tertiary/aromatic N) is 3. The van der Waals surface area contributed by atoms with Crippen molar-refractivity contribution in [3.05, 3.63) is 68.2 Å². The molecular weight excluding hydrogens is 547 g/mol. The third-order valence-electron chi connectivity index (χ3n) is 9.88. The molecule has 5 aliphatic rings. The Hall–Kier alpha value is -2.77. The van der Waals surface area contributed by atoms with Crippen molar-refractivity contribution < 1.29 is 9.72 Å². The molecule has 2 aromatic carbocycles. The second-order valence-electron chi connectivity index (χ2n) is 12.4. The molecule has 1 N–H and O–H groups in total. The number of carbonyl (C=O) groups excluding carboxylic acids is 1. The maximum Gasteiger partial charge on any atom is 0.292 e. The van der Waals surface area contributed by atoms with E-state index in [1.54, 1.807) is 36.4 Å². The summed E-state index contributed by atoms with van der Waals surface area (Å²) in [6.45, 7) is 4.69. The number of benzene rings is 2. The number of nitrogens with one attached hydrogen (secondary N) is 1. The number of piperazine rings is 1. The van der Waals surface area contributed by atoms with Gasteiger partial charge in [-0.05, 0) is 105 Å². The summed E-state index contributed by atoms with van der Waals surface area (Å²) in [5.41, 5.74) is 2.66. The summed E-state index contributed by atoms with van der Waals surface area (Å²) in [5.74, 6) is 2.41. The fourth-order valence-corrected chi connectivity index (χ4v) is 8.65. The van der Waals surface area contributed by atoms with Gasteiger partial charge in [-0.2, -0.15) is 0 Å². The number of carbonyl (C=O) groups is 1. The quantitative estimate of drug-likeness (QED) is 0.211. The lowest BCUT2D eigenvalue weighted by Crippen LogP contribution is -2.53. The maximum atomic E-state index is 12.8. The summed E-state index contributed by atoms with van der Waals surface area (Å²) in [6, 6.07) is 10.8. The van der Waals surface area contributed by atoms with E-state index in [4.69, 9.17) is 23.2 Å². The predicted molar refractivity (Wildman–Crippen MR) is 161 cm³/mol. The van der Waals surface area contributed by atoms with Crippen molar-refractivity contribution in [2.45, 2.75) is 51.5 Å². The van der Waals surface area contributed by atoms with Crippen LogP contribution in [0.5, 0.6) is 0 Å². The number of rotatable bonds is 7. The Bertz CT molecular complexity index is 1300. The number of nitro groups is 1. The summed E-state index contributed by atoms with van der Waals surface area (Å²) in [5, 5.41) is 16.6. The van der Waals surface area contributed by atoms with Crippen LogP contribution in [0.3, 0.4) is 0 Å². The van der Waals surface area contributed by atoms with Gasteiger partial charge in [0.1, 0.15) is 5.69 Å². The van der Waals surface area contributed by atoms with Gasteiger partial charge in [0.15, 0.2) is 0 Å². The zero-order valence-corrected chi connectivity index (χ0v) is 24.3. The molecule has 5 fully saturated rings. The SMILES string of the molecule is CC(Nc1cc(N2CCN(C(=O)/C=C/c3ccc(Cl)cc3Cl)CC2)ccc1[N+](=O)[O-])C12CC3CC(CC(C3)C1)C2. The molecular formula is C31H36Cl2N4O3. The van der Waals surface area contributed by atoms with Crippen molar-refractivity contribution in [3.63, 3.8) is 0 Å². The van der Waals surface area contributed by atoms with E-state index in [0.717, 1.165) is 29.0 Å². The molecule has 4 bridgehead atoms. The molecule has 40 heavy (non-hydrogen) atoms. The van der Waals surface area contributed by atoms with Crippen molar-refractivity contribution in [2.75, 3.05) is 36.4 Å². The van der Waals surface area contributed by atoms with Crippen LogP contribution in [-0.2, 0) is 4.79 Å². The van der Waals surface area contributed by atoms with Crippen LogP contribution >= 0.6 is 23.2 Å². The topological polar surface area (TPSA) is 78.7 Å². The fourth-order valence-electron chi connectivity index (χ4n) is 8.18. The Balaban J connectivity index is 1.12. The summed E-state index contributed by atoms with van der Waals surface area (Å²) in [4.78, 5) is 28.5. The van der Waals surface area contributed by atoms with Gasteiger partial charge >= 0.3 is 0 Å². The zero-order valence-electron chi connectivity index (χ0n) is 22.8. The van der Waals surface area contributed by atoms with Crippen LogP contribution in [0.2, 0.25) is 10.0 Å². The number of halogens is 2. The molecule has 0 aromatic heterocycles.